The molecule has 9 heteroatoms. The smallest absolute Gasteiger partial charge is 0.263 e. The molecule has 5 rings (SSSR count). The van der Waals surface area contributed by atoms with E-state index in [9.17, 15) is 4.79 Å². The van der Waals surface area contributed by atoms with Gasteiger partial charge in [-0.05, 0) is 43.1 Å². The summed E-state index contributed by atoms with van der Waals surface area (Å²) in [5.41, 5.74) is 2.50. The number of benzene rings is 1. The number of nitrogens with one attached hydrogen (secondary N) is 2. The molecule has 1 aliphatic heterocycles. The topological polar surface area (TPSA) is 89.0 Å². The highest BCUT2D eigenvalue weighted by Crippen LogP contribution is 2.41. The van der Waals surface area contributed by atoms with E-state index >= 15 is 0 Å². The van der Waals surface area contributed by atoms with Crippen molar-refractivity contribution in [2.24, 2.45) is 0 Å². The maximum Gasteiger partial charge on any atom is 0.263 e. The first-order valence-electron chi connectivity index (χ1n) is 9.63. The number of aryl methyl sites for hydroxylation is 1. The molecule has 3 aromatic heterocycles. The number of thiophene rings is 1. The summed E-state index contributed by atoms with van der Waals surface area (Å²) in [5.74, 6) is 0.784. The van der Waals surface area contributed by atoms with E-state index in [2.05, 4.69) is 25.6 Å². The molecule has 1 aromatic carbocycles. The molecule has 4 heterocycles. The predicted octanol–water partition coefficient (Wildman–Crippen LogP) is 4.79. The molecular weight excluding hydrogens is 422 g/mol. The zero-order chi connectivity index (χ0) is 20.8. The Balaban J connectivity index is 1.60. The van der Waals surface area contributed by atoms with Crippen LogP contribution in [0, 0.1) is 0 Å². The summed E-state index contributed by atoms with van der Waals surface area (Å²) >= 11 is 7.42. The van der Waals surface area contributed by atoms with E-state index in [0.29, 0.717) is 29.6 Å². The van der Waals surface area contributed by atoms with Gasteiger partial charge in [-0.1, -0.05) is 6.92 Å². The largest absolute Gasteiger partial charge is 0.420 e. The molecule has 0 fully saturated rings. The Hall–Kier alpha value is -2.97. The average Bonchev–Trinajstić information content (AvgIpc) is 3.05. The Bertz CT molecular complexity index is 1310. The van der Waals surface area contributed by atoms with Crippen LogP contribution >= 0.6 is 22.9 Å². The van der Waals surface area contributed by atoms with E-state index in [-0.39, 0.29) is 17.2 Å². The molecule has 0 unspecified atom stereocenters. The van der Waals surface area contributed by atoms with Crippen molar-refractivity contribution >= 4 is 55.5 Å². The van der Waals surface area contributed by atoms with E-state index in [1.165, 1.54) is 11.3 Å². The number of fused-ring (bicyclic) bond motifs is 5. The molecule has 7 nitrogen and oxygen atoms in total. The maximum absolute atomic E-state index is 12.6. The zero-order valence-corrected chi connectivity index (χ0v) is 17.9. The van der Waals surface area contributed by atoms with Crippen molar-refractivity contribution in [2.75, 3.05) is 11.9 Å². The van der Waals surface area contributed by atoms with Gasteiger partial charge in [-0.3, -0.25) is 4.79 Å². The van der Waals surface area contributed by atoms with E-state index in [4.69, 9.17) is 16.3 Å². The molecule has 1 atom stereocenters. The molecule has 0 spiro atoms. The summed E-state index contributed by atoms with van der Waals surface area (Å²) in [6, 6.07) is 7.77. The van der Waals surface area contributed by atoms with Crippen LogP contribution in [0.4, 0.5) is 5.69 Å². The molecule has 0 saturated carbocycles. The van der Waals surface area contributed by atoms with Crippen molar-refractivity contribution in [3.05, 3.63) is 46.2 Å². The van der Waals surface area contributed by atoms with E-state index in [1.54, 1.807) is 12.3 Å². The fraction of sp³-hybridized carbons (Fsp3) is 0.238. The molecular formula is C21H18ClN5O2S. The van der Waals surface area contributed by atoms with E-state index < -0.39 is 0 Å². The Morgan fingerprint density at radius 2 is 2.13 bits per heavy atom. The Labute approximate surface area is 181 Å². The molecule has 152 valence electrons. The normalized spacial score (nSPS) is 16.1. The number of rotatable bonds is 3. The highest BCUT2D eigenvalue weighted by molar-refractivity contribution is 7.21. The first-order valence-corrected chi connectivity index (χ1v) is 10.8. The van der Waals surface area contributed by atoms with Crippen LogP contribution in [0.15, 0.2) is 30.5 Å². The Kier molecular flexibility index (Phi) is 4.67. The second-order valence-corrected chi connectivity index (χ2v) is 8.53. The SMILES string of the molecule is CCc1cnc(Cl)nc1Oc1ccc2c(ccc3sc4c(c32)NC[C@@H](C)NC4=O)n1. The highest BCUT2D eigenvalue weighted by Gasteiger charge is 2.24. The lowest BCUT2D eigenvalue weighted by molar-refractivity contribution is 0.0949. The molecule has 0 bridgehead atoms. The summed E-state index contributed by atoms with van der Waals surface area (Å²) in [7, 11) is 0. The van der Waals surface area contributed by atoms with Crippen molar-refractivity contribution in [1.82, 2.24) is 20.3 Å². The van der Waals surface area contributed by atoms with Gasteiger partial charge in [0.1, 0.15) is 4.88 Å². The fourth-order valence-corrected chi connectivity index (χ4v) is 4.79. The van der Waals surface area contributed by atoms with Gasteiger partial charge in [0.05, 0.1) is 11.2 Å². The Morgan fingerprint density at radius 1 is 1.27 bits per heavy atom. The summed E-state index contributed by atoms with van der Waals surface area (Å²) < 4.78 is 6.96. The maximum atomic E-state index is 12.6. The molecule has 0 radical (unpaired) electrons. The third-order valence-electron chi connectivity index (χ3n) is 5.04. The minimum Gasteiger partial charge on any atom is -0.420 e. The van der Waals surface area contributed by atoms with Gasteiger partial charge in [-0.15, -0.1) is 11.3 Å². The van der Waals surface area contributed by atoms with Crippen LogP contribution in [0.25, 0.3) is 21.0 Å². The number of hydrogen-bond acceptors (Lipinski definition) is 7. The molecule has 0 saturated heterocycles. The first-order chi connectivity index (χ1) is 14.5. The number of carbonyl (C=O) groups excluding carboxylic acids is 1. The highest BCUT2D eigenvalue weighted by atomic mass is 35.5. The number of aromatic nitrogens is 3. The number of amides is 1. The second kappa shape index (κ2) is 7.37. The van der Waals surface area contributed by atoms with E-state index in [0.717, 1.165) is 32.2 Å². The van der Waals surface area contributed by atoms with Crippen molar-refractivity contribution in [3.8, 4) is 11.8 Å². The number of nitrogens with zero attached hydrogens (tertiary/aromatic N) is 3. The van der Waals surface area contributed by atoms with Gasteiger partial charge in [0.15, 0.2) is 0 Å². The molecule has 30 heavy (non-hydrogen) atoms. The number of carbonyl (C=O) groups is 1. The van der Waals surface area contributed by atoms with Gasteiger partial charge < -0.3 is 15.4 Å². The van der Waals surface area contributed by atoms with Gasteiger partial charge in [0, 0.05) is 45.9 Å². The first kappa shape index (κ1) is 19.0. The summed E-state index contributed by atoms with van der Waals surface area (Å²) in [5, 5.41) is 8.54. The van der Waals surface area contributed by atoms with Crippen molar-refractivity contribution in [3.63, 3.8) is 0 Å². The number of pyridine rings is 1. The molecule has 1 amide bonds. The molecule has 2 N–H and O–H groups in total. The number of ether oxygens (including phenoxy) is 1. The quantitative estimate of drug-likeness (QED) is 0.446. The van der Waals surface area contributed by atoms with Crippen LogP contribution < -0.4 is 15.4 Å². The monoisotopic (exact) mass is 439 g/mol. The minimum absolute atomic E-state index is 0.0440. The fourth-order valence-electron chi connectivity index (χ4n) is 3.56. The van der Waals surface area contributed by atoms with Gasteiger partial charge >= 0.3 is 0 Å². The summed E-state index contributed by atoms with van der Waals surface area (Å²) in [6.07, 6.45) is 2.38. The van der Waals surface area contributed by atoms with Crippen LogP contribution in [0.5, 0.6) is 11.8 Å². The summed E-state index contributed by atoms with van der Waals surface area (Å²) in [6.45, 7) is 4.65. The van der Waals surface area contributed by atoms with Crippen LogP contribution in [0.3, 0.4) is 0 Å². The van der Waals surface area contributed by atoms with Crippen LogP contribution in [-0.4, -0.2) is 33.4 Å². The summed E-state index contributed by atoms with van der Waals surface area (Å²) in [4.78, 5) is 26.1. The van der Waals surface area contributed by atoms with Gasteiger partial charge in [0.2, 0.25) is 17.0 Å². The lowest BCUT2D eigenvalue weighted by Gasteiger charge is -2.11. The number of anilines is 1. The zero-order valence-electron chi connectivity index (χ0n) is 16.3. The lowest BCUT2D eigenvalue weighted by atomic mass is 10.1. The third kappa shape index (κ3) is 3.22. The van der Waals surface area contributed by atoms with Crippen molar-refractivity contribution in [1.29, 1.82) is 0 Å². The van der Waals surface area contributed by atoms with Crippen LogP contribution in [0.1, 0.15) is 29.1 Å². The Morgan fingerprint density at radius 3 is 2.97 bits per heavy atom. The average molecular weight is 440 g/mol. The van der Waals surface area contributed by atoms with Gasteiger partial charge in [-0.2, -0.15) is 4.98 Å². The predicted molar refractivity (Wildman–Crippen MR) is 119 cm³/mol. The standard InChI is InChI=1S/C21H18ClN5O2S/c1-3-11-9-24-21(22)27-20(11)29-15-7-4-12-13(26-15)5-6-14-16(12)17-18(30-14)19(28)25-10(2)8-23-17/h4-7,9-10,23H,3,8H2,1-2H3,(H,25,28)/t10-/m1/s1. The van der Waals surface area contributed by atoms with Crippen molar-refractivity contribution in [2.45, 2.75) is 26.3 Å². The van der Waals surface area contributed by atoms with Gasteiger partial charge in [-0.25, -0.2) is 9.97 Å². The number of halogens is 1. The second-order valence-electron chi connectivity index (χ2n) is 7.14. The van der Waals surface area contributed by atoms with Crippen LogP contribution in [0.2, 0.25) is 5.28 Å². The lowest BCUT2D eigenvalue weighted by Crippen LogP contribution is -2.34. The van der Waals surface area contributed by atoms with Gasteiger partial charge in [0.25, 0.3) is 5.91 Å². The molecule has 0 aliphatic carbocycles. The van der Waals surface area contributed by atoms with Crippen molar-refractivity contribution < 1.29 is 9.53 Å². The minimum atomic E-state index is -0.0440. The third-order valence-corrected chi connectivity index (χ3v) is 6.38. The van der Waals surface area contributed by atoms with Crippen LogP contribution in [-0.2, 0) is 6.42 Å². The molecule has 4 aromatic rings. The number of hydrogen-bond donors (Lipinski definition) is 2. The van der Waals surface area contributed by atoms with E-state index in [1.807, 2.05) is 32.0 Å². The molecule has 1 aliphatic rings.